The van der Waals surface area contributed by atoms with Gasteiger partial charge in [-0.1, -0.05) is 20.8 Å². The number of hydrogen-bond acceptors (Lipinski definition) is 2. The molecule has 0 aliphatic rings. The molecule has 0 aliphatic heterocycles. The van der Waals surface area contributed by atoms with Crippen LogP contribution in [0, 0.1) is 5.92 Å². The Hall–Kier alpha value is -0.830. The van der Waals surface area contributed by atoms with E-state index in [1.54, 1.807) is 0 Å². The summed E-state index contributed by atoms with van der Waals surface area (Å²) < 4.78 is 1.88. The number of hydrogen-bond donors (Lipinski definition) is 1. The van der Waals surface area contributed by atoms with E-state index in [0.29, 0.717) is 6.04 Å². The zero-order valence-electron chi connectivity index (χ0n) is 11.0. The smallest absolute Gasteiger partial charge is 0.0537 e. The van der Waals surface area contributed by atoms with E-state index in [1.165, 1.54) is 24.8 Å². The van der Waals surface area contributed by atoms with Crippen molar-refractivity contribution in [3.05, 3.63) is 18.0 Å². The fraction of sp³-hybridized carbons (Fsp3) is 0.769. The van der Waals surface area contributed by atoms with Gasteiger partial charge in [-0.05, 0) is 31.7 Å². The van der Waals surface area contributed by atoms with Gasteiger partial charge in [0.2, 0.25) is 0 Å². The summed E-state index contributed by atoms with van der Waals surface area (Å²) in [5, 5.41) is 7.85. The highest BCUT2D eigenvalue weighted by molar-refractivity contribution is 5.10. The van der Waals surface area contributed by atoms with Crippen molar-refractivity contribution in [2.45, 2.75) is 46.1 Å². The number of rotatable bonds is 7. The Bertz CT molecular complexity index is 291. The Morgan fingerprint density at radius 3 is 2.62 bits per heavy atom. The minimum absolute atomic E-state index is 0.469. The molecule has 0 bridgehead atoms. The normalized spacial score (nSPS) is 13.3. The summed E-state index contributed by atoms with van der Waals surface area (Å²) in [6, 6.07) is 0.469. The van der Waals surface area contributed by atoms with Crippen molar-refractivity contribution < 1.29 is 0 Å². The van der Waals surface area contributed by atoms with Gasteiger partial charge in [-0.3, -0.25) is 4.68 Å². The number of nitrogens with zero attached hydrogens (tertiary/aromatic N) is 2. The zero-order chi connectivity index (χ0) is 12.0. The van der Waals surface area contributed by atoms with Gasteiger partial charge in [-0.2, -0.15) is 5.10 Å². The number of nitrogens with one attached hydrogen (secondary N) is 1. The van der Waals surface area contributed by atoms with Crippen LogP contribution in [-0.4, -0.2) is 16.3 Å². The van der Waals surface area contributed by atoms with Crippen LogP contribution in [0.3, 0.4) is 0 Å². The topological polar surface area (TPSA) is 29.9 Å². The Morgan fingerprint density at radius 2 is 2.12 bits per heavy atom. The predicted molar refractivity (Wildman–Crippen MR) is 68.3 cm³/mol. The van der Waals surface area contributed by atoms with Gasteiger partial charge in [-0.25, -0.2) is 0 Å². The second kappa shape index (κ2) is 6.69. The second-order valence-corrected chi connectivity index (χ2v) is 4.93. The van der Waals surface area contributed by atoms with Crippen molar-refractivity contribution in [1.82, 2.24) is 15.1 Å². The first kappa shape index (κ1) is 13.2. The molecule has 1 aromatic rings. The van der Waals surface area contributed by atoms with E-state index in [2.05, 4.69) is 37.4 Å². The highest BCUT2D eigenvalue weighted by Gasteiger charge is 2.12. The number of aromatic nitrogens is 2. The van der Waals surface area contributed by atoms with Gasteiger partial charge in [0.1, 0.15) is 0 Å². The first-order valence-corrected chi connectivity index (χ1v) is 6.35. The molecule has 1 heterocycles. The summed E-state index contributed by atoms with van der Waals surface area (Å²) in [7, 11) is 1.98. The molecule has 0 aliphatic carbocycles. The molecule has 1 N–H and O–H groups in total. The SMILES string of the molecule is CCCNC(CCC(C)C)c1cnn(C)c1. The Balaban J connectivity index is 2.55. The van der Waals surface area contributed by atoms with E-state index in [9.17, 15) is 0 Å². The highest BCUT2D eigenvalue weighted by Crippen LogP contribution is 2.20. The Kier molecular flexibility index (Phi) is 5.53. The predicted octanol–water partition coefficient (Wildman–Crippen LogP) is 2.90. The van der Waals surface area contributed by atoms with Crippen molar-refractivity contribution in [2.75, 3.05) is 6.54 Å². The molecule has 0 aromatic carbocycles. The van der Waals surface area contributed by atoms with Crippen molar-refractivity contribution >= 4 is 0 Å². The molecule has 1 atom stereocenters. The third-order valence-corrected chi connectivity index (χ3v) is 2.80. The van der Waals surface area contributed by atoms with Gasteiger partial charge in [0.25, 0.3) is 0 Å². The lowest BCUT2D eigenvalue weighted by atomic mass is 10.00. The molecule has 3 heteroatoms. The molecular weight excluding hydrogens is 198 g/mol. The summed E-state index contributed by atoms with van der Waals surface area (Å²) in [5.41, 5.74) is 1.32. The molecule has 92 valence electrons. The summed E-state index contributed by atoms with van der Waals surface area (Å²) >= 11 is 0. The molecule has 0 spiro atoms. The third kappa shape index (κ3) is 4.35. The Morgan fingerprint density at radius 1 is 1.38 bits per heavy atom. The van der Waals surface area contributed by atoms with Crippen molar-refractivity contribution in [3.63, 3.8) is 0 Å². The maximum atomic E-state index is 4.25. The van der Waals surface area contributed by atoms with Gasteiger partial charge in [0, 0.05) is 24.8 Å². The first-order valence-electron chi connectivity index (χ1n) is 6.35. The van der Waals surface area contributed by atoms with Crippen molar-refractivity contribution in [3.8, 4) is 0 Å². The van der Waals surface area contributed by atoms with Crippen LogP contribution in [0.4, 0.5) is 0 Å². The third-order valence-electron chi connectivity index (χ3n) is 2.80. The van der Waals surface area contributed by atoms with E-state index < -0.39 is 0 Å². The molecular formula is C13H25N3. The van der Waals surface area contributed by atoms with Crippen LogP contribution in [0.25, 0.3) is 0 Å². The van der Waals surface area contributed by atoms with Crippen LogP contribution in [0.15, 0.2) is 12.4 Å². The summed E-state index contributed by atoms with van der Waals surface area (Å²) in [5.74, 6) is 0.766. The summed E-state index contributed by atoms with van der Waals surface area (Å²) in [4.78, 5) is 0. The van der Waals surface area contributed by atoms with Crippen LogP contribution >= 0.6 is 0 Å². The summed E-state index contributed by atoms with van der Waals surface area (Å²) in [6.45, 7) is 7.84. The molecule has 1 aromatic heterocycles. The van der Waals surface area contributed by atoms with E-state index in [4.69, 9.17) is 0 Å². The lowest BCUT2D eigenvalue weighted by molar-refractivity contribution is 0.440. The van der Waals surface area contributed by atoms with E-state index in [0.717, 1.165) is 12.5 Å². The molecule has 1 rings (SSSR count). The van der Waals surface area contributed by atoms with Gasteiger partial charge >= 0.3 is 0 Å². The molecule has 0 amide bonds. The van der Waals surface area contributed by atoms with Gasteiger partial charge in [0.15, 0.2) is 0 Å². The maximum Gasteiger partial charge on any atom is 0.0537 e. The standard InChI is InChI=1S/C13H25N3/c1-5-8-14-13(7-6-11(2)3)12-9-15-16(4)10-12/h9-11,13-14H,5-8H2,1-4H3. The molecule has 3 nitrogen and oxygen atoms in total. The Labute approximate surface area is 99.2 Å². The molecule has 0 saturated heterocycles. The van der Waals surface area contributed by atoms with Crippen LogP contribution < -0.4 is 5.32 Å². The summed E-state index contributed by atoms with van der Waals surface area (Å²) in [6.07, 6.45) is 7.74. The van der Waals surface area contributed by atoms with Crippen molar-refractivity contribution in [1.29, 1.82) is 0 Å². The van der Waals surface area contributed by atoms with Gasteiger partial charge in [-0.15, -0.1) is 0 Å². The zero-order valence-corrected chi connectivity index (χ0v) is 11.0. The van der Waals surface area contributed by atoms with Crippen molar-refractivity contribution in [2.24, 2.45) is 13.0 Å². The van der Waals surface area contributed by atoms with Crippen LogP contribution in [0.2, 0.25) is 0 Å². The quantitative estimate of drug-likeness (QED) is 0.770. The van der Waals surface area contributed by atoms with Gasteiger partial charge in [0.05, 0.1) is 6.20 Å². The van der Waals surface area contributed by atoms with E-state index >= 15 is 0 Å². The number of aryl methyl sites for hydroxylation is 1. The van der Waals surface area contributed by atoms with Gasteiger partial charge < -0.3 is 5.32 Å². The lowest BCUT2D eigenvalue weighted by Crippen LogP contribution is -2.22. The van der Waals surface area contributed by atoms with Crippen LogP contribution in [-0.2, 0) is 7.05 Å². The van der Waals surface area contributed by atoms with Crippen LogP contribution in [0.5, 0.6) is 0 Å². The second-order valence-electron chi connectivity index (χ2n) is 4.93. The van der Waals surface area contributed by atoms with Crippen LogP contribution in [0.1, 0.15) is 51.6 Å². The average Bonchev–Trinajstić information content (AvgIpc) is 2.64. The fourth-order valence-corrected chi connectivity index (χ4v) is 1.83. The largest absolute Gasteiger partial charge is 0.310 e. The molecule has 0 fully saturated rings. The highest BCUT2D eigenvalue weighted by atomic mass is 15.2. The van der Waals surface area contributed by atoms with E-state index in [1.807, 2.05) is 17.9 Å². The molecule has 1 unspecified atom stereocenters. The van der Waals surface area contributed by atoms with E-state index in [-0.39, 0.29) is 0 Å². The molecule has 0 radical (unpaired) electrons. The lowest BCUT2D eigenvalue weighted by Gasteiger charge is -2.18. The minimum atomic E-state index is 0.469. The average molecular weight is 223 g/mol. The minimum Gasteiger partial charge on any atom is -0.310 e. The monoisotopic (exact) mass is 223 g/mol. The molecule has 16 heavy (non-hydrogen) atoms. The molecule has 0 saturated carbocycles. The maximum absolute atomic E-state index is 4.25. The first-order chi connectivity index (χ1) is 7.63. The fourth-order valence-electron chi connectivity index (χ4n) is 1.83.